The molecule has 0 bridgehead atoms. The average molecular weight is 627 g/mol. The number of aromatic nitrogens is 3. The largest absolute Gasteiger partial charge is 0.458 e. The van der Waals surface area contributed by atoms with Gasteiger partial charge in [0, 0.05) is 53.3 Å². The summed E-state index contributed by atoms with van der Waals surface area (Å²) in [6.45, 7) is 4.84. The van der Waals surface area contributed by atoms with Crippen molar-refractivity contribution in [2.45, 2.75) is 24.9 Å². The van der Waals surface area contributed by atoms with Gasteiger partial charge >= 0.3 is 0 Å². The molecule has 0 saturated carbocycles. The summed E-state index contributed by atoms with van der Waals surface area (Å²) in [4.78, 5) is 12.0. The number of rotatable bonds is 3. The van der Waals surface area contributed by atoms with Gasteiger partial charge in [-0.05, 0) is 64.5 Å². The van der Waals surface area contributed by atoms with E-state index in [-0.39, 0.29) is 11.8 Å². The van der Waals surface area contributed by atoms with Crippen LogP contribution < -0.4 is 20.0 Å². The minimum Gasteiger partial charge on any atom is -0.458 e. The number of pyridine rings is 1. The Labute approximate surface area is 272 Å². The predicted octanol–water partition coefficient (Wildman–Crippen LogP) is 8.49. The van der Waals surface area contributed by atoms with Crippen LogP contribution in [-0.2, 0) is 0 Å². The van der Waals surface area contributed by atoms with E-state index >= 15 is 0 Å². The monoisotopic (exact) mass is 626 g/mol. The van der Waals surface area contributed by atoms with Crippen LogP contribution in [0.1, 0.15) is 23.2 Å². The van der Waals surface area contributed by atoms with Crippen LogP contribution in [0.25, 0.3) is 27.6 Å². The molecule has 3 aromatic heterocycles. The standard InChI is InChI=1S/C40H30N4O2Si/c1-47(2)37-15-8-18-41-40(37)44(34-24-36-31(23-38(34)47)30-12-4-6-14-35(30)46-36)25-9-7-10-26(21-25)45-27-16-17-28-29-11-3-5-13-33(29)43-20-19-42-39(43)32(28)22-27/h3-24,28,32H,1-2H3. The molecule has 0 amide bonds. The quantitative estimate of drug-likeness (QED) is 0.184. The molecule has 2 unspecified atom stereocenters. The average Bonchev–Trinajstić information content (AvgIpc) is 3.74. The van der Waals surface area contributed by atoms with Gasteiger partial charge in [0.25, 0.3) is 0 Å². The van der Waals surface area contributed by atoms with Crippen molar-refractivity contribution < 1.29 is 9.15 Å². The van der Waals surface area contributed by atoms with Crippen molar-refractivity contribution in [2.24, 2.45) is 0 Å². The van der Waals surface area contributed by atoms with Gasteiger partial charge in [-0.25, -0.2) is 9.97 Å². The molecule has 2 aliphatic heterocycles. The zero-order valence-electron chi connectivity index (χ0n) is 26.0. The third-order valence-corrected chi connectivity index (χ3v) is 13.6. The van der Waals surface area contributed by atoms with Gasteiger partial charge in [-0.15, -0.1) is 0 Å². The molecule has 226 valence electrons. The van der Waals surface area contributed by atoms with Crippen molar-refractivity contribution in [1.82, 2.24) is 14.5 Å². The minimum absolute atomic E-state index is 0.0894. The Balaban J connectivity index is 1.07. The van der Waals surface area contributed by atoms with E-state index in [0.29, 0.717) is 0 Å². The Morgan fingerprint density at radius 2 is 1.64 bits per heavy atom. The first kappa shape index (κ1) is 26.5. The van der Waals surface area contributed by atoms with Crippen LogP contribution in [-0.4, -0.2) is 22.6 Å². The number of furan rings is 1. The predicted molar refractivity (Wildman–Crippen MR) is 190 cm³/mol. The fourth-order valence-electron chi connectivity index (χ4n) is 7.86. The highest BCUT2D eigenvalue weighted by Gasteiger charge is 2.40. The number of hydrogen-bond donors (Lipinski definition) is 0. The second kappa shape index (κ2) is 9.67. The molecule has 0 radical (unpaired) electrons. The van der Waals surface area contributed by atoms with Gasteiger partial charge in [0.05, 0.1) is 17.1 Å². The maximum Gasteiger partial charge on any atom is 0.137 e. The van der Waals surface area contributed by atoms with Crippen molar-refractivity contribution in [3.63, 3.8) is 0 Å². The Hall–Kier alpha value is -5.66. The van der Waals surface area contributed by atoms with Gasteiger partial charge in [0.15, 0.2) is 0 Å². The van der Waals surface area contributed by atoms with Crippen LogP contribution in [0.15, 0.2) is 144 Å². The van der Waals surface area contributed by atoms with Gasteiger partial charge in [0.1, 0.15) is 42.4 Å². The normalized spacial score (nSPS) is 18.6. The van der Waals surface area contributed by atoms with E-state index < -0.39 is 8.07 Å². The van der Waals surface area contributed by atoms with Crippen molar-refractivity contribution in [2.75, 3.05) is 4.90 Å². The summed E-state index contributed by atoms with van der Waals surface area (Å²) in [5.41, 5.74) is 6.38. The zero-order valence-corrected chi connectivity index (χ0v) is 27.0. The Bertz CT molecular complexity index is 2470. The van der Waals surface area contributed by atoms with E-state index in [1.165, 1.54) is 21.6 Å². The zero-order chi connectivity index (χ0) is 31.3. The number of para-hydroxylation sites is 2. The second-order valence-electron chi connectivity index (χ2n) is 13.1. The fraction of sp³-hybridized carbons (Fsp3) is 0.100. The molecule has 10 rings (SSSR count). The molecule has 7 heteroatoms. The molecular weight excluding hydrogens is 597 g/mol. The van der Waals surface area contributed by atoms with Crippen LogP contribution in [0.3, 0.4) is 0 Å². The molecule has 0 N–H and O–H groups in total. The first-order valence-corrected chi connectivity index (χ1v) is 19.1. The number of fused-ring (bicyclic) bond motifs is 11. The highest BCUT2D eigenvalue weighted by molar-refractivity contribution is 7.02. The van der Waals surface area contributed by atoms with Crippen molar-refractivity contribution >= 4 is 57.6 Å². The summed E-state index contributed by atoms with van der Waals surface area (Å²) in [6, 6.07) is 34.1. The first-order valence-electron chi connectivity index (χ1n) is 16.1. The topological polar surface area (TPSA) is 56.3 Å². The lowest BCUT2D eigenvalue weighted by Gasteiger charge is -2.40. The highest BCUT2D eigenvalue weighted by Crippen LogP contribution is 2.46. The molecule has 6 nitrogen and oxygen atoms in total. The molecule has 3 aliphatic rings. The van der Waals surface area contributed by atoms with Crippen LogP contribution in [0.5, 0.6) is 5.75 Å². The molecule has 7 aromatic rings. The van der Waals surface area contributed by atoms with Crippen molar-refractivity contribution in [3.8, 4) is 11.4 Å². The minimum atomic E-state index is -2.10. The van der Waals surface area contributed by atoms with Crippen LogP contribution in [0.2, 0.25) is 13.1 Å². The molecule has 2 atom stereocenters. The number of anilines is 3. The Morgan fingerprint density at radius 3 is 2.60 bits per heavy atom. The lowest BCUT2D eigenvalue weighted by atomic mass is 9.79. The van der Waals surface area contributed by atoms with E-state index in [2.05, 4.69) is 120 Å². The maximum atomic E-state index is 6.62. The summed E-state index contributed by atoms with van der Waals surface area (Å²) in [5.74, 6) is 3.89. The Morgan fingerprint density at radius 1 is 0.745 bits per heavy atom. The molecule has 0 saturated heterocycles. The highest BCUT2D eigenvalue weighted by atomic mass is 28.3. The van der Waals surface area contributed by atoms with E-state index in [1.807, 2.05) is 36.8 Å². The number of imidazole rings is 1. The van der Waals surface area contributed by atoms with Crippen LogP contribution >= 0.6 is 0 Å². The van der Waals surface area contributed by atoms with E-state index in [4.69, 9.17) is 19.1 Å². The Kier molecular flexibility index (Phi) is 5.46. The van der Waals surface area contributed by atoms with E-state index in [9.17, 15) is 0 Å². The fourth-order valence-corrected chi connectivity index (χ4v) is 10.7. The lowest BCUT2D eigenvalue weighted by molar-refractivity contribution is 0.431. The van der Waals surface area contributed by atoms with Crippen molar-refractivity contribution in [1.29, 1.82) is 0 Å². The summed E-state index contributed by atoms with van der Waals surface area (Å²) >= 11 is 0. The van der Waals surface area contributed by atoms with Gasteiger partial charge in [-0.2, -0.15) is 0 Å². The molecule has 4 aromatic carbocycles. The van der Waals surface area contributed by atoms with Crippen molar-refractivity contribution in [3.05, 3.63) is 151 Å². The molecule has 47 heavy (non-hydrogen) atoms. The van der Waals surface area contributed by atoms with Gasteiger partial charge in [-0.3, -0.25) is 4.90 Å². The van der Waals surface area contributed by atoms with E-state index in [1.54, 1.807) is 0 Å². The second-order valence-corrected chi connectivity index (χ2v) is 17.4. The number of benzene rings is 4. The maximum absolute atomic E-state index is 6.62. The van der Waals surface area contributed by atoms with E-state index in [0.717, 1.165) is 56.5 Å². The third-order valence-electron chi connectivity index (χ3n) is 10.1. The van der Waals surface area contributed by atoms with Crippen LogP contribution in [0, 0.1) is 0 Å². The smallest absolute Gasteiger partial charge is 0.137 e. The summed E-state index contributed by atoms with van der Waals surface area (Å²) in [6.07, 6.45) is 12.4. The molecule has 0 spiro atoms. The number of ether oxygens (including phenoxy) is 1. The van der Waals surface area contributed by atoms with Gasteiger partial charge < -0.3 is 13.7 Å². The molecular formula is C40H30N4O2Si. The first-order chi connectivity index (χ1) is 23.0. The molecule has 5 heterocycles. The van der Waals surface area contributed by atoms with Gasteiger partial charge in [-0.1, -0.05) is 67.7 Å². The summed E-state index contributed by atoms with van der Waals surface area (Å²) in [7, 11) is -2.10. The number of allylic oxidation sites excluding steroid dienone is 3. The number of hydrogen-bond acceptors (Lipinski definition) is 5. The SMILES string of the molecule is C[Si]1(C)c2cc3c(cc2N(c2cccc(OC4=CC5c6nccn6-c6ccccc6C5C=C4)c2)c2ncccc21)oc1ccccc13. The lowest BCUT2D eigenvalue weighted by Crippen LogP contribution is -2.58. The number of nitrogens with zero attached hydrogens (tertiary/aromatic N) is 4. The van der Waals surface area contributed by atoms with Gasteiger partial charge in [0.2, 0.25) is 0 Å². The third kappa shape index (κ3) is 3.83. The van der Waals surface area contributed by atoms with Crippen LogP contribution in [0.4, 0.5) is 17.2 Å². The molecule has 0 fully saturated rings. The summed E-state index contributed by atoms with van der Waals surface area (Å²) < 4.78 is 15.2. The summed E-state index contributed by atoms with van der Waals surface area (Å²) in [5, 5.41) is 4.97. The molecule has 1 aliphatic carbocycles.